The first kappa shape index (κ1) is 22.0. The summed E-state index contributed by atoms with van der Waals surface area (Å²) in [5.74, 6) is -0.186. The van der Waals surface area contributed by atoms with Gasteiger partial charge in [0.25, 0.3) is 0 Å². The smallest absolute Gasteiger partial charge is 0.387 e. The van der Waals surface area contributed by atoms with E-state index in [1.807, 2.05) is 6.07 Å². The molecular formula is C20H15BrF2N6O2. The summed E-state index contributed by atoms with van der Waals surface area (Å²) in [6, 6.07) is 8.30. The Bertz CT molecular complexity index is 1120. The molecule has 0 aliphatic carbocycles. The third-order valence-corrected chi connectivity index (χ3v) is 4.52. The molecule has 1 unspecified atom stereocenters. The SMILES string of the molecule is CC(NC(=O)Nc1ccc(Br)cc1OC(F)F)c1nccnc1-c1ccc(C#N)cn1. The van der Waals surface area contributed by atoms with Gasteiger partial charge in [-0.05, 0) is 37.3 Å². The summed E-state index contributed by atoms with van der Waals surface area (Å²) in [6.07, 6.45) is 4.37. The van der Waals surface area contributed by atoms with E-state index in [1.165, 1.54) is 30.7 Å². The Morgan fingerprint density at radius 1 is 1.19 bits per heavy atom. The lowest BCUT2D eigenvalue weighted by Gasteiger charge is -2.17. The van der Waals surface area contributed by atoms with E-state index in [1.54, 1.807) is 25.1 Å². The van der Waals surface area contributed by atoms with Crippen molar-refractivity contribution < 1.29 is 18.3 Å². The molecule has 8 nitrogen and oxygen atoms in total. The van der Waals surface area contributed by atoms with Gasteiger partial charge >= 0.3 is 12.6 Å². The van der Waals surface area contributed by atoms with Gasteiger partial charge in [0.2, 0.25) is 0 Å². The molecule has 2 heterocycles. The van der Waals surface area contributed by atoms with Gasteiger partial charge in [0.15, 0.2) is 5.75 Å². The summed E-state index contributed by atoms with van der Waals surface area (Å²) in [5, 5.41) is 14.1. The fraction of sp³-hybridized carbons (Fsp3) is 0.150. The van der Waals surface area contributed by atoms with Gasteiger partial charge in [-0.2, -0.15) is 14.0 Å². The maximum Gasteiger partial charge on any atom is 0.387 e. The van der Waals surface area contributed by atoms with E-state index in [0.717, 1.165) is 0 Å². The molecular weight excluding hydrogens is 474 g/mol. The molecule has 0 saturated carbocycles. The van der Waals surface area contributed by atoms with Crippen LogP contribution in [0.1, 0.15) is 24.2 Å². The fourth-order valence-corrected chi connectivity index (χ4v) is 3.02. The first-order chi connectivity index (χ1) is 14.9. The highest BCUT2D eigenvalue weighted by Gasteiger charge is 2.19. The van der Waals surface area contributed by atoms with Crippen molar-refractivity contribution in [2.75, 3.05) is 5.32 Å². The van der Waals surface area contributed by atoms with E-state index in [2.05, 4.69) is 46.3 Å². The number of aromatic nitrogens is 3. The van der Waals surface area contributed by atoms with Crippen molar-refractivity contribution >= 4 is 27.6 Å². The van der Waals surface area contributed by atoms with Crippen LogP contribution in [0.3, 0.4) is 0 Å². The number of anilines is 1. The first-order valence-corrected chi connectivity index (χ1v) is 9.66. The van der Waals surface area contributed by atoms with Crippen molar-refractivity contribution in [1.82, 2.24) is 20.3 Å². The van der Waals surface area contributed by atoms with Crippen molar-refractivity contribution in [1.29, 1.82) is 5.26 Å². The van der Waals surface area contributed by atoms with Crippen molar-refractivity contribution in [3.63, 3.8) is 0 Å². The Kier molecular flexibility index (Phi) is 7.04. The number of halogens is 3. The quantitative estimate of drug-likeness (QED) is 0.521. The highest BCUT2D eigenvalue weighted by Crippen LogP contribution is 2.30. The number of carbonyl (C=O) groups excluding carboxylic acids is 1. The van der Waals surface area contributed by atoms with Gasteiger partial charge in [-0.1, -0.05) is 15.9 Å². The number of pyridine rings is 1. The van der Waals surface area contributed by atoms with E-state index in [-0.39, 0.29) is 11.4 Å². The Hall–Kier alpha value is -3.65. The minimum atomic E-state index is -3.04. The predicted molar refractivity (Wildman–Crippen MR) is 111 cm³/mol. The van der Waals surface area contributed by atoms with Crippen LogP contribution >= 0.6 is 15.9 Å². The second-order valence-corrected chi connectivity index (χ2v) is 7.09. The van der Waals surface area contributed by atoms with Gasteiger partial charge in [-0.15, -0.1) is 0 Å². The number of benzene rings is 1. The van der Waals surface area contributed by atoms with Gasteiger partial charge in [0.1, 0.15) is 11.8 Å². The number of urea groups is 1. The van der Waals surface area contributed by atoms with Crippen molar-refractivity contribution in [3.05, 3.63) is 64.7 Å². The van der Waals surface area contributed by atoms with Gasteiger partial charge in [-0.25, -0.2) is 4.79 Å². The van der Waals surface area contributed by atoms with Crippen LogP contribution in [0.4, 0.5) is 19.3 Å². The molecule has 0 aliphatic heterocycles. The van der Waals surface area contributed by atoms with E-state index < -0.39 is 18.7 Å². The molecule has 2 amide bonds. The number of alkyl halides is 2. The molecule has 2 aromatic heterocycles. The average molecular weight is 489 g/mol. The third kappa shape index (κ3) is 5.70. The maximum atomic E-state index is 12.6. The number of nitrogens with one attached hydrogen (secondary N) is 2. The zero-order valence-corrected chi connectivity index (χ0v) is 17.6. The largest absolute Gasteiger partial charge is 0.433 e. The summed E-state index contributed by atoms with van der Waals surface area (Å²) in [4.78, 5) is 25.3. The summed E-state index contributed by atoms with van der Waals surface area (Å²) in [5.41, 5.74) is 1.83. The maximum absolute atomic E-state index is 12.6. The number of rotatable bonds is 6. The number of ether oxygens (including phenoxy) is 1. The Morgan fingerprint density at radius 3 is 2.65 bits per heavy atom. The topological polar surface area (TPSA) is 113 Å². The number of amides is 2. The van der Waals surface area contributed by atoms with E-state index in [0.29, 0.717) is 27.1 Å². The van der Waals surface area contributed by atoms with Crippen LogP contribution in [-0.4, -0.2) is 27.6 Å². The third-order valence-electron chi connectivity index (χ3n) is 4.03. The summed E-state index contributed by atoms with van der Waals surface area (Å²) in [6.45, 7) is -1.35. The molecule has 0 fully saturated rings. The van der Waals surface area contributed by atoms with Gasteiger partial charge in [0, 0.05) is 23.1 Å². The molecule has 0 saturated heterocycles. The molecule has 31 heavy (non-hydrogen) atoms. The number of nitriles is 1. The van der Waals surface area contributed by atoms with Crippen molar-refractivity contribution in [2.45, 2.75) is 19.6 Å². The molecule has 0 aliphatic rings. The zero-order valence-electron chi connectivity index (χ0n) is 16.0. The molecule has 1 aromatic carbocycles. The fourth-order valence-electron chi connectivity index (χ4n) is 2.68. The molecule has 11 heteroatoms. The van der Waals surface area contributed by atoms with Gasteiger partial charge in [-0.3, -0.25) is 15.0 Å². The average Bonchev–Trinajstić information content (AvgIpc) is 2.75. The van der Waals surface area contributed by atoms with E-state index in [9.17, 15) is 13.6 Å². The number of carbonyl (C=O) groups is 1. The number of hydrogen-bond acceptors (Lipinski definition) is 6. The Morgan fingerprint density at radius 2 is 1.97 bits per heavy atom. The molecule has 0 spiro atoms. The van der Waals surface area contributed by atoms with Crippen LogP contribution in [0.15, 0.2) is 53.4 Å². The molecule has 158 valence electrons. The molecule has 1 atom stereocenters. The van der Waals surface area contributed by atoms with Gasteiger partial charge in [0.05, 0.1) is 28.7 Å². The lowest BCUT2D eigenvalue weighted by atomic mass is 10.1. The number of nitrogens with zero attached hydrogens (tertiary/aromatic N) is 4. The van der Waals surface area contributed by atoms with Crippen molar-refractivity contribution in [2.24, 2.45) is 0 Å². The first-order valence-electron chi connectivity index (χ1n) is 8.86. The normalized spacial score (nSPS) is 11.5. The summed E-state index contributed by atoms with van der Waals surface area (Å²) in [7, 11) is 0. The summed E-state index contributed by atoms with van der Waals surface area (Å²) < 4.78 is 30.3. The van der Waals surface area contributed by atoms with Crippen LogP contribution in [0.25, 0.3) is 11.4 Å². The molecule has 0 bridgehead atoms. The lowest BCUT2D eigenvalue weighted by Crippen LogP contribution is -2.32. The van der Waals surface area contributed by atoms with Crippen LogP contribution in [0.2, 0.25) is 0 Å². The van der Waals surface area contributed by atoms with Crippen molar-refractivity contribution in [3.8, 4) is 23.2 Å². The van der Waals surface area contributed by atoms with Crippen LogP contribution < -0.4 is 15.4 Å². The van der Waals surface area contributed by atoms with Crippen LogP contribution in [0.5, 0.6) is 5.75 Å². The zero-order chi connectivity index (χ0) is 22.4. The highest BCUT2D eigenvalue weighted by atomic mass is 79.9. The molecule has 0 radical (unpaired) electrons. The highest BCUT2D eigenvalue weighted by molar-refractivity contribution is 9.10. The minimum absolute atomic E-state index is 0.0707. The molecule has 2 N–H and O–H groups in total. The molecule has 3 aromatic rings. The van der Waals surface area contributed by atoms with E-state index in [4.69, 9.17) is 5.26 Å². The second kappa shape index (κ2) is 9.90. The molecule has 3 rings (SSSR count). The summed E-state index contributed by atoms with van der Waals surface area (Å²) >= 11 is 3.17. The van der Waals surface area contributed by atoms with Gasteiger partial charge < -0.3 is 15.4 Å². The Balaban J connectivity index is 1.77. The predicted octanol–water partition coefficient (Wildman–Crippen LogP) is 4.66. The second-order valence-electron chi connectivity index (χ2n) is 6.17. The van der Waals surface area contributed by atoms with E-state index >= 15 is 0 Å². The minimum Gasteiger partial charge on any atom is -0.433 e. The van der Waals surface area contributed by atoms with Crippen LogP contribution in [0, 0.1) is 11.3 Å². The Labute approximate surface area is 184 Å². The van der Waals surface area contributed by atoms with Crippen LogP contribution in [-0.2, 0) is 0 Å². The lowest BCUT2D eigenvalue weighted by molar-refractivity contribution is -0.0493. The standard InChI is InChI=1S/C20H15BrF2N6O2/c1-11(17-18(26-7-6-25-17)15-4-2-12(9-24)10-27-15)28-20(30)29-14-5-3-13(21)8-16(14)31-19(22)23/h2-8,10-11,19H,1H3,(H2,28,29,30). The number of hydrogen-bond donors (Lipinski definition) is 2. The monoisotopic (exact) mass is 488 g/mol.